The fraction of sp³-hybridized carbons (Fsp3) is 0.0952. The van der Waals surface area contributed by atoms with Gasteiger partial charge in [0.1, 0.15) is 0 Å². The summed E-state index contributed by atoms with van der Waals surface area (Å²) in [5, 5.41) is 23.2. The van der Waals surface area contributed by atoms with Gasteiger partial charge in [-0.2, -0.15) is 0 Å². The molecule has 0 aliphatic heterocycles. The first-order chi connectivity index (χ1) is 13.0. The number of benzene rings is 3. The van der Waals surface area contributed by atoms with E-state index in [1.165, 1.54) is 23.3 Å². The monoisotopic (exact) mass is 362 g/mol. The van der Waals surface area contributed by atoms with Crippen molar-refractivity contribution in [3.8, 4) is 0 Å². The molecule has 0 saturated heterocycles. The number of anilines is 2. The third-order valence-electron chi connectivity index (χ3n) is 4.22. The van der Waals surface area contributed by atoms with Gasteiger partial charge in [0.15, 0.2) is 0 Å². The third-order valence-corrected chi connectivity index (χ3v) is 4.22. The van der Waals surface area contributed by atoms with Gasteiger partial charge in [0.05, 0.1) is 16.2 Å². The van der Waals surface area contributed by atoms with E-state index in [2.05, 4.69) is 17.4 Å². The largest absolute Gasteiger partial charge is 0.478 e. The lowest BCUT2D eigenvalue weighted by molar-refractivity contribution is -0.384. The summed E-state index contributed by atoms with van der Waals surface area (Å²) in [5.41, 5.74) is 3.08. The number of hydrogen-bond acceptors (Lipinski definition) is 4. The molecule has 0 bridgehead atoms. The Balaban J connectivity index is 1.71. The molecule has 3 aromatic carbocycles. The van der Waals surface area contributed by atoms with Gasteiger partial charge in [0.25, 0.3) is 5.69 Å². The van der Waals surface area contributed by atoms with Crippen LogP contribution >= 0.6 is 0 Å². The summed E-state index contributed by atoms with van der Waals surface area (Å²) in [6.07, 6.45) is 1.85. The van der Waals surface area contributed by atoms with Crippen LogP contribution in [0.1, 0.15) is 21.5 Å². The molecular formula is C21H18N2O4. The van der Waals surface area contributed by atoms with Gasteiger partial charge in [-0.1, -0.05) is 42.5 Å². The van der Waals surface area contributed by atoms with Crippen molar-refractivity contribution in [1.82, 2.24) is 0 Å². The number of carboxylic acids is 1. The SMILES string of the molecule is O=C(O)c1cc([N+](=O)[O-])ccc1Nc1ccc(CCc2ccccc2)cc1. The van der Waals surface area contributed by atoms with Gasteiger partial charge in [0.2, 0.25) is 0 Å². The molecular weight excluding hydrogens is 344 g/mol. The van der Waals surface area contributed by atoms with Gasteiger partial charge in [-0.05, 0) is 42.2 Å². The Morgan fingerprint density at radius 3 is 2.15 bits per heavy atom. The number of carboxylic acid groups (broad SMARTS) is 1. The van der Waals surface area contributed by atoms with Crippen molar-refractivity contribution in [2.75, 3.05) is 5.32 Å². The molecule has 0 aliphatic carbocycles. The van der Waals surface area contributed by atoms with Gasteiger partial charge >= 0.3 is 5.97 Å². The molecule has 6 heteroatoms. The Bertz CT molecular complexity index is 954. The van der Waals surface area contributed by atoms with E-state index in [0.29, 0.717) is 5.69 Å². The number of nitrogens with one attached hydrogen (secondary N) is 1. The number of rotatable bonds is 7. The smallest absolute Gasteiger partial charge is 0.338 e. The molecule has 136 valence electrons. The van der Waals surface area contributed by atoms with Crippen LogP contribution in [-0.2, 0) is 12.8 Å². The van der Waals surface area contributed by atoms with Gasteiger partial charge < -0.3 is 10.4 Å². The molecule has 0 spiro atoms. The van der Waals surface area contributed by atoms with Crippen molar-refractivity contribution in [1.29, 1.82) is 0 Å². The van der Waals surface area contributed by atoms with Crippen LogP contribution in [0.3, 0.4) is 0 Å². The zero-order valence-electron chi connectivity index (χ0n) is 14.5. The van der Waals surface area contributed by atoms with Crippen molar-refractivity contribution in [3.05, 3.63) is 99.6 Å². The highest BCUT2D eigenvalue weighted by atomic mass is 16.6. The third kappa shape index (κ3) is 4.70. The fourth-order valence-electron chi connectivity index (χ4n) is 2.78. The van der Waals surface area contributed by atoms with E-state index < -0.39 is 10.9 Å². The summed E-state index contributed by atoms with van der Waals surface area (Å²) in [4.78, 5) is 21.6. The van der Waals surface area contributed by atoms with Crippen LogP contribution in [0.25, 0.3) is 0 Å². The first-order valence-electron chi connectivity index (χ1n) is 8.44. The summed E-state index contributed by atoms with van der Waals surface area (Å²) < 4.78 is 0. The lowest BCUT2D eigenvalue weighted by Gasteiger charge is -2.10. The van der Waals surface area contributed by atoms with E-state index in [1.54, 1.807) is 0 Å². The molecule has 0 aromatic heterocycles. The van der Waals surface area contributed by atoms with Crippen LogP contribution < -0.4 is 5.32 Å². The zero-order valence-corrected chi connectivity index (χ0v) is 14.5. The predicted octanol–water partition coefficient (Wildman–Crippen LogP) is 4.82. The van der Waals surface area contributed by atoms with Crippen LogP contribution in [0.5, 0.6) is 0 Å². The summed E-state index contributed by atoms with van der Waals surface area (Å²) in [6.45, 7) is 0. The van der Waals surface area contributed by atoms with E-state index in [9.17, 15) is 20.0 Å². The van der Waals surface area contributed by atoms with Crippen LogP contribution in [-0.4, -0.2) is 16.0 Å². The molecule has 0 heterocycles. The molecule has 0 saturated carbocycles. The molecule has 0 amide bonds. The fourth-order valence-corrected chi connectivity index (χ4v) is 2.78. The zero-order chi connectivity index (χ0) is 19.2. The molecule has 6 nitrogen and oxygen atoms in total. The standard InChI is InChI=1S/C21H18N2O4/c24-21(25)19-14-18(23(26)27)12-13-20(19)22-17-10-8-16(9-11-17)7-6-15-4-2-1-3-5-15/h1-5,8-14,22H,6-7H2,(H,24,25). The van der Waals surface area contributed by atoms with Crippen molar-refractivity contribution in [3.63, 3.8) is 0 Å². The number of nitrogens with zero attached hydrogens (tertiary/aromatic N) is 1. The lowest BCUT2D eigenvalue weighted by Crippen LogP contribution is -2.04. The van der Waals surface area contributed by atoms with Crippen LogP contribution in [0.4, 0.5) is 17.1 Å². The molecule has 0 unspecified atom stereocenters. The van der Waals surface area contributed by atoms with Crippen molar-refractivity contribution in [2.45, 2.75) is 12.8 Å². The number of nitro groups is 1. The highest BCUT2D eigenvalue weighted by Crippen LogP contribution is 2.26. The first kappa shape index (κ1) is 18.1. The topological polar surface area (TPSA) is 92.5 Å². The van der Waals surface area contributed by atoms with Crippen LogP contribution in [0.2, 0.25) is 0 Å². The lowest BCUT2D eigenvalue weighted by atomic mass is 10.0. The molecule has 27 heavy (non-hydrogen) atoms. The summed E-state index contributed by atoms with van der Waals surface area (Å²) in [5.74, 6) is -1.22. The summed E-state index contributed by atoms with van der Waals surface area (Å²) in [7, 11) is 0. The van der Waals surface area contributed by atoms with Gasteiger partial charge in [-0.3, -0.25) is 10.1 Å². The average Bonchev–Trinajstić information content (AvgIpc) is 2.68. The minimum atomic E-state index is -1.22. The Kier molecular flexibility index (Phi) is 5.47. The van der Waals surface area contributed by atoms with E-state index in [1.807, 2.05) is 42.5 Å². The van der Waals surface area contributed by atoms with E-state index >= 15 is 0 Å². The van der Waals surface area contributed by atoms with E-state index in [0.717, 1.165) is 24.6 Å². The number of nitro benzene ring substituents is 1. The first-order valence-corrected chi connectivity index (χ1v) is 8.44. The van der Waals surface area contributed by atoms with Crippen molar-refractivity contribution in [2.24, 2.45) is 0 Å². The highest BCUT2D eigenvalue weighted by molar-refractivity contribution is 5.96. The number of carbonyl (C=O) groups is 1. The Labute approximate surface area is 156 Å². The second kappa shape index (κ2) is 8.14. The second-order valence-electron chi connectivity index (χ2n) is 6.10. The normalized spacial score (nSPS) is 10.4. The molecule has 0 aliphatic rings. The maximum atomic E-state index is 11.4. The van der Waals surface area contributed by atoms with Crippen LogP contribution in [0.15, 0.2) is 72.8 Å². The average molecular weight is 362 g/mol. The number of aromatic carboxylic acids is 1. The molecule has 0 atom stereocenters. The van der Waals surface area contributed by atoms with Crippen LogP contribution in [0, 0.1) is 10.1 Å². The Hall–Kier alpha value is -3.67. The minimum Gasteiger partial charge on any atom is -0.478 e. The molecule has 0 radical (unpaired) electrons. The Morgan fingerprint density at radius 2 is 1.56 bits per heavy atom. The number of non-ortho nitro benzene ring substituents is 1. The highest BCUT2D eigenvalue weighted by Gasteiger charge is 2.16. The van der Waals surface area contributed by atoms with Gasteiger partial charge in [0, 0.05) is 17.8 Å². The maximum Gasteiger partial charge on any atom is 0.338 e. The van der Waals surface area contributed by atoms with Crippen molar-refractivity contribution < 1.29 is 14.8 Å². The van der Waals surface area contributed by atoms with E-state index in [4.69, 9.17) is 0 Å². The van der Waals surface area contributed by atoms with Crippen molar-refractivity contribution >= 4 is 23.0 Å². The molecule has 3 aromatic rings. The number of aryl methyl sites for hydroxylation is 2. The Morgan fingerprint density at radius 1 is 0.926 bits per heavy atom. The summed E-state index contributed by atoms with van der Waals surface area (Å²) >= 11 is 0. The second-order valence-corrected chi connectivity index (χ2v) is 6.10. The van der Waals surface area contributed by atoms with Gasteiger partial charge in [-0.15, -0.1) is 0 Å². The summed E-state index contributed by atoms with van der Waals surface area (Å²) in [6, 6.07) is 21.7. The number of hydrogen-bond donors (Lipinski definition) is 2. The predicted molar refractivity (Wildman–Crippen MR) is 104 cm³/mol. The molecule has 0 fully saturated rings. The molecule has 2 N–H and O–H groups in total. The minimum absolute atomic E-state index is 0.141. The van der Waals surface area contributed by atoms with E-state index in [-0.39, 0.29) is 11.3 Å². The molecule has 3 rings (SSSR count). The quantitative estimate of drug-likeness (QED) is 0.464. The maximum absolute atomic E-state index is 11.4. The van der Waals surface area contributed by atoms with Gasteiger partial charge in [-0.25, -0.2) is 4.79 Å².